The Labute approximate surface area is 189 Å². The first-order valence-electron chi connectivity index (χ1n) is 12.0. The van der Waals surface area contributed by atoms with E-state index in [1.54, 1.807) is 16.9 Å². The van der Waals surface area contributed by atoms with Gasteiger partial charge in [-0.1, -0.05) is 48.4 Å². The third kappa shape index (κ3) is 3.66. The zero-order chi connectivity index (χ0) is 20.8. The lowest BCUT2D eigenvalue weighted by molar-refractivity contribution is -0.135. The molecule has 6 rings (SSSR count). The highest BCUT2D eigenvalue weighted by atomic mass is 32.1. The van der Waals surface area contributed by atoms with Crippen LogP contribution in [0.5, 0.6) is 0 Å². The van der Waals surface area contributed by atoms with E-state index in [9.17, 15) is 4.79 Å². The highest BCUT2D eigenvalue weighted by molar-refractivity contribution is 7.13. The van der Waals surface area contributed by atoms with E-state index in [0.29, 0.717) is 24.3 Å². The van der Waals surface area contributed by atoms with Gasteiger partial charge >= 0.3 is 0 Å². The largest absolute Gasteiger partial charge is 0.335 e. The van der Waals surface area contributed by atoms with E-state index in [1.807, 2.05) is 18.2 Å². The average molecular weight is 434 g/mol. The van der Waals surface area contributed by atoms with E-state index < -0.39 is 0 Å². The van der Waals surface area contributed by atoms with Gasteiger partial charge < -0.3 is 4.90 Å². The Morgan fingerprint density at radius 3 is 2.94 bits per heavy atom. The molecule has 1 aromatic carbocycles. The summed E-state index contributed by atoms with van der Waals surface area (Å²) in [5, 5.41) is 3.07. The molecule has 162 valence electrons. The summed E-state index contributed by atoms with van der Waals surface area (Å²) < 4.78 is 0. The van der Waals surface area contributed by atoms with Crippen molar-refractivity contribution in [1.82, 2.24) is 14.8 Å². The fraction of sp³-hybridized carbons (Fsp3) is 0.538. The Kier molecular flexibility index (Phi) is 5.19. The molecule has 3 aliphatic heterocycles. The van der Waals surface area contributed by atoms with Gasteiger partial charge in [0.1, 0.15) is 5.01 Å². The molecule has 0 saturated carbocycles. The predicted molar refractivity (Wildman–Crippen MR) is 125 cm³/mol. The highest BCUT2D eigenvalue weighted by Crippen LogP contribution is 2.45. The summed E-state index contributed by atoms with van der Waals surface area (Å²) in [7, 11) is 0. The smallest absolute Gasteiger partial charge is 0.229 e. The van der Waals surface area contributed by atoms with Gasteiger partial charge in [-0.3, -0.25) is 9.69 Å². The summed E-state index contributed by atoms with van der Waals surface area (Å²) in [6.07, 6.45) is 10.7. The van der Waals surface area contributed by atoms with Crippen LogP contribution in [0.4, 0.5) is 0 Å². The van der Waals surface area contributed by atoms with Crippen LogP contribution in [0.25, 0.3) is 10.6 Å². The molecule has 4 atom stereocenters. The van der Waals surface area contributed by atoms with Crippen molar-refractivity contribution < 1.29 is 4.79 Å². The average Bonchev–Trinajstić information content (AvgIpc) is 3.28. The Morgan fingerprint density at radius 1 is 1.13 bits per heavy atom. The first-order chi connectivity index (χ1) is 15.3. The number of likely N-dealkylation sites (tertiary alicyclic amines) is 1. The van der Waals surface area contributed by atoms with Crippen LogP contribution in [-0.4, -0.2) is 52.4 Å². The van der Waals surface area contributed by atoms with Gasteiger partial charge in [0, 0.05) is 30.1 Å². The van der Waals surface area contributed by atoms with Crippen molar-refractivity contribution >= 4 is 17.2 Å². The van der Waals surface area contributed by atoms with Crippen molar-refractivity contribution in [3.05, 3.63) is 53.1 Å². The number of amides is 1. The van der Waals surface area contributed by atoms with Crippen molar-refractivity contribution in [3.8, 4) is 10.6 Å². The minimum atomic E-state index is 0.264. The van der Waals surface area contributed by atoms with Crippen LogP contribution >= 0.6 is 11.3 Å². The van der Waals surface area contributed by atoms with E-state index in [0.717, 1.165) is 35.3 Å². The van der Waals surface area contributed by atoms with Crippen LogP contribution in [0.3, 0.4) is 0 Å². The first-order valence-corrected chi connectivity index (χ1v) is 12.9. The van der Waals surface area contributed by atoms with Crippen LogP contribution in [0.2, 0.25) is 0 Å². The molecule has 1 amide bonds. The van der Waals surface area contributed by atoms with Gasteiger partial charge in [0.25, 0.3) is 0 Å². The van der Waals surface area contributed by atoms with Crippen molar-refractivity contribution in [2.24, 2.45) is 11.8 Å². The number of piperidine rings is 3. The number of rotatable bonds is 3. The molecule has 0 radical (unpaired) electrons. The SMILES string of the molecule is O=C(Cc1csc(-c2ccccc2)n1)N1CCCC2=C[C@H]3C[C@@H](CN4CCCC[C@H]34)[C@@H]21. The van der Waals surface area contributed by atoms with Crippen LogP contribution in [0.1, 0.15) is 44.2 Å². The maximum Gasteiger partial charge on any atom is 0.229 e. The normalized spacial score (nSPS) is 30.3. The van der Waals surface area contributed by atoms with Crippen molar-refractivity contribution in [2.45, 2.75) is 57.0 Å². The number of carbonyl (C=O) groups excluding carboxylic acids is 1. The summed E-state index contributed by atoms with van der Waals surface area (Å²) in [5.74, 6) is 1.59. The van der Waals surface area contributed by atoms with Gasteiger partial charge in [-0.25, -0.2) is 4.98 Å². The lowest BCUT2D eigenvalue weighted by Crippen LogP contribution is -2.60. The molecule has 3 saturated heterocycles. The fourth-order valence-corrected chi connectivity index (χ4v) is 7.44. The summed E-state index contributed by atoms with van der Waals surface area (Å²) in [6.45, 7) is 3.34. The third-order valence-electron chi connectivity index (χ3n) is 7.88. The molecule has 31 heavy (non-hydrogen) atoms. The van der Waals surface area contributed by atoms with Gasteiger partial charge in [-0.2, -0.15) is 0 Å². The molecule has 2 aromatic rings. The van der Waals surface area contributed by atoms with Gasteiger partial charge in [-0.15, -0.1) is 11.3 Å². The molecular weight excluding hydrogens is 402 g/mol. The molecular formula is C26H31N3OS. The number of nitrogens with zero attached hydrogens (tertiary/aromatic N) is 3. The molecule has 5 heteroatoms. The van der Waals surface area contributed by atoms with Crippen molar-refractivity contribution in [2.75, 3.05) is 19.6 Å². The maximum absolute atomic E-state index is 13.5. The van der Waals surface area contributed by atoms with Gasteiger partial charge in [-0.05, 0) is 50.5 Å². The zero-order valence-electron chi connectivity index (χ0n) is 18.1. The molecule has 3 fully saturated rings. The quantitative estimate of drug-likeness (QED) is 0.654. The number of thiazole rings is 1. The first kappa shape index (κ1) is 19.7. The summed E-state index contributed by atoms with van der Waals surface area (Å²) >= 11 is 1.64. The highest BCUT2D eigenvalue weighted by Gasteiger charge is 2.46. The summed E-state index contributed by atoms with van der Waals surface area (Å²) in [4.78, 5) is 23.2. The second-order valence-corrected chi connectivity index (χ2v) is 10.6. The molecule has 4 nitrogen and oxygen atoms in total. The number of carbonyl (C=O) groups is 1. The Balaban J connectivity index is 1.21. The Morgan fingerprint density at radius 2 is 2.03 bits per heavy atom. The number of hydrogen-bond acceptors (Lipinski definition) is 4. The molecule has 4 aliphatic rings. The maximum atomic E-state index is 13.5. The van der Waals surface area contributed by atoms with E-state index in [4.69, 9.17) is 4.98 Å². The van der Waals surface area contributed by atoms with E-state index in [2.05, 4.69) is 33.4 Å². The van der Waals surface area contributed by atoms with Crippen LogP contribution in [0, 0.1) is 11.8 Å². The standard InChI is InChI=1S/C26H31N3OS/c30-24(15-22-17-31-26(27-22)18-7-2-1-3-8-18)29-12-6-9-19-13-20-14-21(25(19)29)16-28-11-5-4-10-23(20)28/h1-3,7-8,13,17,20-21,23,25H,4-6,9-12,14-16H2/t20-,21-,23+,25+/m0/s1. The number of fused-ring (bicyclic) bond motifs is 6. The minimum absolute atomic E-state index is 0.264. The summed E-state index contributed by atoms with van der Waals surface area (Å²) in [5.41, 5.74) is 3.61. The van der Waals surface area contributed by atoms with E-state index >= 15 is 0 Å². The second-order valence-electron chi connectivity index (χ2n) is 9.78. The van der Waals surface area contributed by atoms with Gasteiger partial charge in [0.15, 0.2) is 0 Å². The van der Waals surface area contributed by atoms with Crippen molar-refractivity contribution in [1.29, 1.82) is 0 Å². The predicted octanol–water partition coefficient (Wildman–Crippen LogP) is 4.77. The van der Waals surface area contributed by atoms with E-state index in [1.165, 1.54) is 45.2 Å². The fourth-order valence-electron chi connectivity index (χ4n) is 6.61. The topological polar surface area (TPSA) is 36.4 Å². The lowest BCUT2D eigenvalue weighted by Gasteiger charge is -2.54. The number of aromatic nitrogens is 1. The molecule has 4 heterocycles. The summed E-state index contributed by atoms with van der Waals surface area (Å²) in [6, 6.07) is 11.4. The minimum Gasteiger partial charge on any atom is -0.335 e. The van der Waals surface area contributed by atoms with E-state index in [-0.39, 0.29) is 5.91 Å². The van der Waals surface area contributed by atoms with Gasteiger partial charge in [0.2, 0.25) is 5.91 Å². The zero-order valence-corrected chi connectivity index (χ0v) is 18.9. The molecule has 0 spiro atoms. The third-order valence-corrected chi connectivity index (χ3v) is 8.82. The van der Waals surface area contributed by atoms with Crippen LogP contribution in [-0.2, 0) is 11.2 Å². The monoisotopic (exact) mass is 433 g/mol. The number of hydrogen-bond donors (Lipinski definition) is 0. The molecule has 1 aliphatic carbocycles. The van der Waals surface area contributed by atoms with Crippen LogP contribution in [0.15, 0.2) is 47.4 Å². The van der Waals surface area contributed by atoms with Gasteiger partial charge in [0.05, 0.1) is 18.2 Å². The molecule has 1 aromatic heterocycles. The molecule has 0 N–H and O–H groups in total. The second kappa shape index (κ2) is 8.18. The lowest BCUT2D eigenvalue weighted by atomic mass is 9.68. The number of benzene rings is 1. The molecule has 2 bridgehead atoms. The van der Waals surface area contributed by atoms with Crippen LogP contribution < -0.4 is 0 Å². The molecule has 0 unspecified atom stereocenters. The Hall–Kier alpha value is -1.98. The Bertz CT molecular complexity index is 984. The van der Waals surface area contributed by atoms with Crippen molar-refractivity contribution in [3.63, 3.8) is 0 Å².